The molecule has 92 valence electrons. The number of hydrogen-bond donors (Lipinski definition) is 3. The van der Waals surface area contributed by atoms with Gasteiger partial charge in [0.1, 0.15) is 0 Å². The molecule has 2 amide bonds. The summed E-state index contributed by atoms with van der Waals surface area (Å²) < 4.78 is 0. The summed E-state index contributed by atoms with van der Waals surface area (Å²) in [6, 6.07) is 0.0387. The van der Waals surface area contributed by atoms with Crippen molar-refractivity contribution in [3.63, 3.8) is 0 Å². The molecule has 1 aliphatic rings. The first-order chi connectivity index (χ1) is 7.54. The van der Waals surface area contributed by atoms with E-state index in [0.717, 1.165) is 19.3 Å². The van der Waals surface area contributed by atoms with Crippen LogP contribution in [0.2, 0.25) is 0 Å². The Morgan fingerprint density at radius 1 is 1.50 bits per heavy atom. The third kappa shape index (κ3) is 4.08. The molecular weight excluding hydrogens is 208 g/mol. The highest BCUT2D eigenvalue weighted by molar-refractivity contribution is 5.76. The van der Waals surface area contributed by atoms with Gasteiger partial charge in [-0.2, -0.15) is 0 Å². The smallest absolute Gasteiger partial charge is 0.315 e. The maximum atomic E-state index is 11.4. The predicted octanol–water partition coefficient (Wildman–Crippen LogP) is 1.19. The topological polar surface area (TPSA) is 78.4 Å². The van der Waals surface area contributed by atoms with Gasteiger partial charge in [-0.25, -0.2) is 4.79 Å². The summed E-state index contributed by atoms with van der Waals surface area (Å²) >= 11 is 0. The fraction of sp³-hybridized carbons (Fsp3) is 0.818. The molecule has 0 aromatic heterocycles. The second-order valence-electron chi connectivity index (χ2n) is 4.48. The maximum absolute atomic E-state index is 11.4. The summed E-state index contributed by atoms with van der Waals surface area (Å²) in [5.41, 5.74) is 0. The molecular formula is C11H20N2O3. The van der Waals surface area contributed by atoms with Gasteiger partial charge in [-0.3, -0.25) is 4.79 Å². The second-order valence-corrected chi connectivity index (χ2v) is 4.48. The van der Waals surface area contributed by atoms with E-state index in [1.165, 1.54) is 0 Å². The van der Waals surface area contributed by atoms with Gasteiger partial charge in [-0.1, -0.05) is 20.3 Å². The highest BCUT2D eigenvalue weighted by atomic mass is 16.4. The van der Waals surface area contributed by atoms with Crippen LogP contribution in [-0.2, 0) is 4.79 Å². The maximum Gasteiger partial charge on any atom is 0.315 e. The van der Waals surface area contributed by atoms with E-state index in [4.69, 9.17) is 5.11 Å². The van der Waals surface area contributed by atoms with Crippen molar-refractivity contribution in [2.75, 3.05) is 6.54 Å². The summed E-state index contributed by atoms with van der Waals surface area (Å²) in [7, 11) is 0. The van der Waals surface area contributed by atoms with Crippen LogP contribution < -0.4 is 10.6 Å². The van der Waals surface area contributed by atoms with Crippen LogP contribution in [0.1, 0.15) is 33.1 Å². The summed E-state index contributed by atoms with van der Waals surface area (Å²) in [6.07, 6.45) is 3.34. The standard InChI is InChI=1S/C11H20N2O3/c1-3-4-8-5-9(8)13-11(16)12-6-7(2)10(14)15/h7-9H,3-6H2,1-2H3,(H,14,15)(H2,12,13,16). The Balaban J connectivity index is 2.11. The van der Waals surface area contributed by atoms with Crippen molar-refractivity contribution in [2.45, 2.75) is 39.2 Å². The van der Waals surface area contributed by atoms with Crippen molar-refractivity contribution < 1.29 is 14.7 Å². The van der Waals surface area contributed by atoms with Gasteiger partial charge in [0, 0.05) is 12.6 Å². The van der Waals surface area contributed by atoms with Crippen molar-refractivity contribution in [2.24, 2.45) is 11.8 Å². The first-order valence-corrected chi connectivity index (χ1v) is 5.81. The van der Waals surface area contributed by atoms with Crippen molar-refractivity contribution in [3.8, 4) is 0 Å². The molecule has 16 heavy (non-hydrogen) atoms. The lowest BCUT2D eigenvalue weighted by Crippen LogP contribution is -2.40. The van der Waals surface area contributed by atoms with E-state index in [0.29, 0.717) is 12.0 Å². The lowest BCUT2D eigenvalue weighted by molar-refractivity contribution is -0.140. The first-order valence-electron chi connectivity index (χ1n) is 5.81. The highest BCUT2D eigenvalue weighted by Gasteiger charge is 2.37. The zero-order valence-electron chi connectivity index (χ0n) is 9.82. The molecule has 3 N–H and O–H groups in total. The predicted molar refractivity (Wildman–Crippen MR) is 60.1 cm³/mol. The Morgan fingerprint density at radius 3 is 2.75 bits per heavy atom. The van der Waals surface area contributed by atoms with Gasteiger partial charge in [0.2, 0.25) is 0 Å². The van der Waals surface area contributed by atoms with Gasteiger partial charge in [0.05, 0.1) is 5.92 Å². The van der Waals surface area contributed by atoms with Crippen molar-refractivity contribution in [3.05, 3.63) is 0 Å². The molecule has 5 nitrogen and oxygen atoms in total. The average molecular weight is 228 g/mol. The second kappa shape index (κ2) is 5.72. The third-order valence-electron chi connectivity index (χ3n) is 2.89. The summed E-state index contributed by atoms with van der Waals surface area (Å²) in [4.78, 5) is 21.9. The molecule has 0 aromatic carbocycles. The highest BCUT2D eigenvalue weighted by Crippen LogP contribution is 2.34. The Bertz CT molecular complexity index is 268. The Hall–Kier alpha value is -1.26. The van der Waals surface area contributed by atoms with E-state index < -0.39 is 11.9 Å². The Kier molecular flexibility index (Phi) is 4.58. The van der Waals surface area contributed by atoms with Crippen molar-refractivity contribution in [1.82, 2.24) is 10.6 Å². The van der Waals surface area contributed by atoms with Crippen LogP contribution in [0.5, 0.6) is 0 Å². The van der Waals surface area contributed by atoms with Gasteiger partial charge in [-0.15, -0.1) is 0 Å². The fourth-order valence-corrected chi connectivity index (χ4v) is 1.67. The van der Waals surface area contributed by atoms with E-state index in [2.05, 4.69) is 17.6 Å². The lowest BCUT2D eigenvalue weighted by Gasteiger charge is -2.09. The number of aliphatic carboxylic acids is 1. The molecule has 1 rings (SSSR count). The molecule has 1 saturated carbocycles. The van der Waals surface area contributed by atoms with Crippen molar-refractivity contribution in [1.29, 1.82) is 0 Å². The quantitative estimate of drug-likeness (QED) is 0.639. The Labute approximate surface area is 95.6 Å². The van der Waals surface area contributed by atoms with Crippen molar-refractivity contribution >= 4 is 12.0 Å². The van der Waals surface area contributed by atoms with E-state index in [1.54, 1.807) is 6.92 Å². The minimum Gasteiger partial charge on any atom is -0.481 e. The fourth-order valence-electron chi connectivity index (χ4n) is 1.67. The van der Waals surface area contributed by atoms with Gasteiger partial charge >= 0.3 is 12.0 Å². The molecule has 0 saturated heterocycles. The zero-order chi connectivity index (χ0) is 12.1. The number of carbonyl (C=O) groups excluding carboxylic acids is 1. The molecule has 0 aliphatic heterocycles. The first kappa shape index (κ1) is 12.8. The summed E-state index contributed by atoms with van der Waals surface area (Å²) in [5, 5.41) is 14.0. The number of rotatable bonds is 6. The van der Waals surface area contributed by atoms with Crippen LogP contribution >= 0.6 is 0 Å². The number of carbonyl (C=O) groups is 2. The van der Waals surface area contributed by atoms with E-state index in [-0.39, 0.29) is 12.6 Å². The SMILES string of the molecule is CCCC1CC1NC(=O)NCC(C)C(=O)O. The average Bonchev–Trinajstić information content (AvgIpc) is 2.93. The number of hydrogen-bond acceptors (Lipinski definition) is 2. The molecule has 3 atom stereocenters. The third-order valence-corrected chi connectivity index (χ3v) is 2.89. The minimum atomic E-state index is -0.893. The number of urea groups is 1. The van der Waals surface area contributed by atoms with E-state index in [1.807, 2.05) is 0 Å². The molecule has 1 aliphatic carbocycles. The molecule has 0 spiro atoms. The van der Waals surface area contributed by atoms with Crippen LogP contribution in [0.15, 0.2) is 0 Å². The normalized spacial score (nSPS) is 24.6. The number of amides is 2. The molecule has 0 aromatic rings. The van der Waals surface area contributed by atoms with Gasteiger partial charge in [0.15, 0.2) is 0 Å². The van der Waals surface area contributed by atoms with Gasteiger partial charge in [0.25, 0.3) is 0 Å². The van der Waals surface area contributed by atoms with E-state index >= 15 is 0 Å². The van der Waals surface area contributed by atoms with Crippen LogP contribution in [0, 0.1) is 11.8 Å². The molecule has 0 bridgehead atoms. The largest absolute Gasteiger partial charge is 0.481 e. The van der Waals surface area contributed by atoms with Crippen LogP contribution in [0.25, 0.3) is 0 Å². The van der Waals surface area contributed by atoms with Crippen LogP contribution in [0.4, 0.5) is 4.79 Å². The van der Waals surface area contributed by atoms with Crippen LogP contribution in [-0.4, -0.2) is 29.7 Å². The lowest BCUT2D eigenvalue weighted by atomic mass is 10.2. The number of carboxylic acids is 1. The van der Waals surface area contributed by atoms with Gasteiger partial charge < -0.3 is 15.7 Å². The molecule has 0 heterocycles. The van der Waals surface area contributed by atoms with E-state index in [9.17, 15) is 9.59 Å². The summed E-state index contributed by atoms with van der Waals surface area (Å²) in [6.45, 7) is 3.87. The zero-order valence-corrected chi connectivity index (χ0v) is 9.82. The van der Waals surface area contributed by atoms with Gasteiger partial charge in [-0.05, 0) is 18.8 Å². The Morgan fingerprint density at radius 2 is 2.19 bits per heavy atom. The molecule has 0 radical (unpaired) electrons. The minimum absolute atomic E-state index is 0.173. The number of nitrogens with one attached hydrogen (secondary N) is 2. The molecule has 5 heteroatoms. The molecule has 3 unspecified atom stereocenters. The van der Waals surface area contributed by atoms with Crippen LogP contribution in [0.3, 0.4) is 0 Å². The summed E-state index contributed by atoms with van der Waals surface area (Å²) in [5.74, 6) is -0.820. The monoisotopic (exact) mass is 228 g/mol. The molecule has 1 fully saturated rings. The number of carboxylic acid groups (broad SMARTS) is 1.